The van der Waals surface area contributed by atoms with Crippen molar-refractivity contribution >= 4 is 37.8 Å². The molecule has 104 valence electrons. The average Bonchev–Trinajstić information content (AvgIpc) is 2.98. The molecule has 3 aromatic rings. The molecule has 20 heavy (non-hydrogen) atoms. The first-order valence-corrected chi connectivity index (χ1v) is 7.98. The molecule has 1 aromatic carbocycles. The van der Waals surface area contributed by atoms with Crippen molar-refractivity contribution in [3.63, 3.8) is 0 Å². The Morgan fingerprint density at radius 3 is 2.70 bits per heavy atom. The van der Waals surface area contributed by atoms with Crippen molar-refractivity contribution in [2.24, 2.45) is 5.84 Å². The zero-order valence-electron chi connectivity index (χ0n) is 10.1. The van der Waals surface area contributed by atoms with Gasteiger partial charge < -0.3 is 5.43 Å². The molecule has 7 nitrogen and oxygen atoms in total. The van der Waals surface area contributed by atoms with Crippen LogP contribution >= 0.6 is 11.3 Å². The normalized spacial score (nSPS) is 11.7. The number of rotatable bonds is 4. The van der Waals surface area contributed by atoms with Gasteiger partial charge in [0.25, 0.3) is 10.0 Å². The molecule has 0 aliphatic carbocycles. The van der Waals surface area contributed by atoms with Crippen molar-refractivity contribution in [1.82, 2.24) is 9.38 Å². The summed E-state index contributed by atoms with van der Waals surface area (Å²) in [7, 11) is -3.79. The van der Waals surface area contributed by atoms with Gasteiger partial charge in [0.2, 0.25) is 5.03 Å². The number of benzene rings is 1. The minimum atomic E-state index is -3.79. The van der Waals surface area contributed by atoms with E-state index in [0.29, 0.717) is 10.6 Å². The lowest BCUT2D eigenvalue weighted by molar-refractivity contribution is 0.597. The Morgan fingerprint density at radius 2 is 2.00 bits per heavy atom. The number of hydrazine groups is 1. The van der Waals surface area contributed by atoms with Crippen LogP contribution in [0.1, 0.15) is 0 Å². The van der Waals surface area contributed by atoms with Gasteiger partial charge in [0.15, 0.2) is 10.8 Å². The SMILES string of the molecule is NNc1nc2sccn2c1S(=O)(=O)Nc1ccccc1. The summed E-state index contributed by atoms with van der Waals surface area (Å²) in [5.74, 6) is 5.46. The smallest absolute Gasteiger partial charge is 0.281 e. The zero-order valence-corrected chi connectivity index (χ0v) is 11.8. The van der Waals surface area contributed by atoms with Crippen LogP contribution in [0.15, 0.2) is 46.9 Å². The summed E-state index contributed by atoms with van der Waals surface area (Å²) in [6.45, 7) is 0. The van der Waals surface area contributed by atoms with Gasteiger partial charge in [-0.05, 0) is 12.1 Å². The predicted octanol–water partition coefficient (Wildman–Crippen LogP) is 1.48. The molecule has 0 amide bonds. The molecule has 0 unspecified atom stereocenters. The lowest BCUT2D eigenvalue weighted by atomic mass is 10.3. The van der Waals surface area contributed by atoms with Crippen molar-refractivity contribution in [2.75, 3.05) is 10.1 Å². The molecule has 0 spiro atoms. The highest BCUT2D eigenvalue weighted by Gasteiger charge is 2.25. The van der Waals surface area contributed by atoms with Crippen LogP contribution in [0.25, 0.3) is 4.96 Å². The highest BCUT2D eigenvalue weighted by molar-refractivity contribution is 7.92. The summed E-state index contributed by atoms with van der Waals surface area (Å²) in [5.41, 5.74) is 2.79. The quantitative estimate of drug-likeness (QED) is 0.500. The third kappa shape index (κ3) is 2.11. The van der Waals surface area contributed by atoms with Gasteiger partial charge in [-0.2, -0.15) is 13.4 Å². The molecule has 2 heterocycles. The van der Waals surface area contributed by atoms with E-state index in [4.69, 9.17) is 5.84 Å². The molecule has 0 aliphatic heterocycles. The second-order valence-electron chi connectivity index (χ2n) is 3.94. The monoisotopic (exact) mass is 309 g/mol. The van der Waals surface area contributed by atoms with Crippen molar-refractivity contribution in [3.05, 3.63) is 41.9 Å². The van der Waals surface area contributed by atoms with E-state index in [0.717, 1.165) is 0 Å². The van der Waals surface area contributed by atoms with Crippen LogP contribution in [-0.2, 0) is 10.0 Å². The number of fused-ring (bicyclic) bond motifs is 1. The fourth-order valence-electron chi connectivity index (χ4n) is 1.83. The number of nitrogens with one attached hydrogen (secondary N) is 2. The van der Waals surface area contributed by atoms with E-state index in [2.05, 4.69) is 15.1 Å². The minimum Gasteiger partial charge on any atom is -0.306 e. The van der Waals surface area contributed by atoms with Crippen LogP contribution in [0.3, 0.4) is 0 Å². The number of anilines is 2. The number of imidazole rings is 1. The number of nitrogens with two attached hydrogens (primary N) is 1. The maximum atomic E-state index is 12.5. The number of nitrogen functional groups attached to an aromatic ring is 1. The zero-order chi connectivity index (χ0) is 14.2. The summed E-state index contributed by atoms with van der Waals surface area (Å²) < 4.78 is 29.0. The summed E-state index contributed by atoms with van der Waals surface area (Å²) in [6, 6.07) is 8.63. The Kier molecular flexibility index (Phi) is 3.08. The molecular formula is C11H11N5O2S2. The van der Waals surface area contributed by atoms with Gasteiger partial charge in [-0.3, -0.25) is 9.12 Å². The average molecular weight is 309 g/mol. The molecule has 2 aromatic heterocycles. The van der Waals surface area contributed by atoms with Gasteiger partial charge >= 0.3 is 0 Å². The molecule has 0 radical (unpaired) electrons. The molecule has 0 saturated heterocycles. The standard InChI is InChI=1S/C11H11N5O2S2/c12-14-9-10(16-6-7-19-11(16)13-9)20(17,18)15-8-4-2-1-3-5-8/h1-7,14-15H,12H2. The van der Waals surface area contributed by atoms with E-state index >= 15 is 0 Å². The van der Waals surface area contributed by atoms with Gasteiger partial charge in [0.1, 0.15) is 0 Å². The van der Waals surface area contributed by atoms with Gasteiger partial charge in [0.05, 0.1) is 0 Å². The van der Waals surface area contributed by atoms with Crippen molar-refractivity contribution in [3.8, 4) is 0 Å². The molecule has 0 aliphatic rings. The fraction of sp³-hybridized carbons (Fsp3) is 0. The van der Waals surface area contributed by atoms with Crippen molar-refractivity contribution < 1.29 is 8.42 Å². The van der Waals surface area contributed by atoms with Gasteiger partial charge in [-0.25, -0.2) is 5.84 Å². The topological polar surface area (TPSA) is 102 Å². The third-order valence-corrected chi connectivity index (χ3v) is 4.80. The summed E-state index contributed by atoms with van der Waals surface area (Å²) in [4.78, 5) is 4.67. The number of hydrogen-bond acceptors (Lipinski definition) is 6. The molecular weight excluding hydrogens is 298 g/mol. The largest absolute Gasteiger partial charge is 0.306 e. The van der Waals surface area contributed by atoms with Crippen molar-refractivity contribution in [1.29, 1.82) is 0 Å². The number of aromatic nitrogens is 2. The maximum absolute atomic E-state index is 12.5. The van der Waals surface area contributed by atoms with Crippen LogP contribution in [-0.4, -0.2) is 17.8 Å². The summed E-state index contributed by atoms with van der Waals surface area (Å²) in [5, 5.41) is 1.74. The Morgan fingerprint density at radius 1 is 1.25 bits per heavy atom. The second-order valence-corrected chi connectivity index (χ2v) is 6.41. The van der Waals surface area contributed by atoms with Gasteiger partial charge in [-0.15, -0.1) is 11.3 Å². The Hall–Kier alpha value is -2.10. The van der Waals surface area contributed by atoms with Crippen LogP contribution in [0.4, 0.5) is 11.5 Å². The van der Waals surface area contributed by atoms with E-state index in [1.807, 2.05) is 0 Å². The molecule has 0 atom stereocenters. The van der Waals surface area contributed by atoms with Crippen LogP contribution in [0, 0.1) is 0 Å². The lowest BCUT2D eigenvalue weighted by Crippen LogP contribution is -2.18. The van der Waals surface area contributed by atoms with E-state index in [1.54, 1.807) is 41.9 Å². The number of thiazole rings is 1. The Labute approximate surface area is 119 Å². The molecule has 0 fully saturated rings. The lowest BCUT2D eigenvalue weighted by Gasteiger charge is -2.08. The molecule has 3 rings (SSSR count). The molecule has 9 heteroatoms. The van der Waals surface area contributed by atoms with Crippen LogP contribution in [0.5, 0.6) is 0 Å². The molecule has 0 bridgehead atoms. The summed E-state index contributed by atoms with van der Waals surface area (Å²) >= 11 is 1.32. The third-order valence-electron chi connectivity index (χ3n) is 2.64. The Bertz CT molecular complexity index is 838. The van der Waals surface area contributed by atoms with E-state index < -0.39 is 10.0 Å². The first kappa shape index (κ1) is 12.9. The van der Waals surface area contributed by atoms with E-state index in [-0.39, 0.29) is 10.8 Å². The number of sulfonamides is 1. The number of hydrogen-bond donors (Lipinski definition) is 3. The van der Waals surface area contributed by atoms with Crippen molar-refractivity contribution in [2.45, 2.75) is 5.03 Å². The molecule has 4 N–H and O–H groups in total. The maximum Gasteiger partial charge on any atom is 0.281 e. The highest BCUT2D eigenvalue weighted by atomic mass is 32.2. The van der Waals surface area contributed by atoms with E-state index in [1.165, 1.54) is 15.7 Å². The Balaban J connectivity index is 2.11. The minimum absolute atomic E-state index is 0.0138. The summed E-state index contributed by atoms with van der Waals surface area (Å²) in [6.07, 6.45) is 1.63. The van der Waals surface area contributed by atoms with Crippen LogP contribution in [0.2, 0.25) is 0 Å². The first-order valence-electron chi connectivity index (χ1n) is 5.62. The van der Waals surface area contributed by atoms with E-state index in [9.17, 15) is 8.42 Å². The predicted molar refractivity (Wildman–Crippen MR) is 78.1 cm³/mol. The van der Waals surface area contributed by atoms with Crippen LogP contribution < -0.4 is 16.0 Å². The highest BCUT2D eigenvalue weighted by Crippen LogP contribution is 2.26. The van der Waals surface area contributed by atoms with Gasteiger partial charge in [0, 0.05) is 17.3 Å². The van der Waals surface area contributed by atoms with Gasteiger partial charge in [-0.1, -0.05) is 18.2 Å². The second kappa shape index (κ2) is 4.78. The number of para-hydroxylation sites is 1. The fourth-order valence-corrected chi connectivity index (χ4v) is 3.91. The first-order chi connectivity index (χ1) is 9.62. The number of nitrogens with zero attached hydrogens (tertiary/aromatic N) is 2. The molecule has 0 saturated carbocycles.